The summed E-state index contributed by atoms with van der Waals surface area (Å²) < 4.78 is 10.4. The van der Waals surface area contributed by atoms with Crippen LogP contribution in [0.2, 0.25) is 0 Å². The first kappa shape index (κ1) is 21.6. The van der Waals surface area contributed by atoms with E-state index < -0.39 is 12.2 Å². The molecule has 0 aromatic carbocycles. The van der Waals surface area contributed by atoms with Crippen molar-refractivity contribution in [2.45, 2.75) is 33.0 Å². The van der Waals surface area contributed by atoms with Gasteiger partial charge in [0.05, 0.1) is 24.2 Å². The number of pyridine rings is 1. The molecule has 3 rings (SSSR count). The highest BCUT2D eigenvalue weighted by Crippen LogP contribution is 2.24. The second-order valence-corrected chi connectivity index (χ2v) is 6.81. The Bertz CT molecular complexity index is 1050. The van der Waals surface area contributed by atoms with Gasteiger partial charge >= 0.3 is 12.2 Å². The van der Waals surface area contributed by atoms with E-state index in [1.165, 1.54) is 12.3 Å². The molecule has 0 bridgehead atoms. The van der Waals surface area contributed by atoms with Gasteiger partial charge in [0.1, 0.15) is 18.1 Å². The Hall–Kier alpha value is -4.15. The molecule has 0 aliphatic heterocycles. The Morgan fingerprint density at radius 2 is 1.97 bits per heavy atom. The fourth-order valence-corrected chi connectivity index (χ4v) is 2.66. The summed E-state index contributed by atoms with van der Waals surface area (Å²) in [5, 5.41) is 12.3. The van der Waals surface area contributed by atoms with Crippen LogP contribution in [0.1, 0.15) is 25.2 Å². The Morgan fingerprint density at radius 1 is 1.19 bits per heavy atom. The molecule has 0 unspecified atom stereocenters. The number of carboxylic acid groups (broad SMARTS) is 1. The Kier molecular flexibility index (Phi) is 6.65. The summed E-state index contributed by atoms with van der Waals surface area (Å²) in [7, 11) is 0. The molecule has 0 radical (unpaired) electrons. The number of alkyl carbamates (subject to hydrolysis) is 1. The molecule has 0 saturated carbocycles. The average Bonchev–Trinajstić information content (AvgIpc) is 3.24. The maximum Gasteiger partial charge on any atom is 0.413 e. The zero-order chi connectivity index (χ0) is 22.4. The van der Waals surface area contributed by atoms with Crippen LogP contribution in [0, 0.1) is 0 Å². The predicted octanol–water partition coefficient (Wildman–Crippen LogP) is 3.03. The summed E-state index contributed by atoms with van der Waals surface area (Å²) in [4.78, 5) is 37.0. The predicted molar refractivity (Wildman–Crippen MR) is 111 cm³/mol. The maximum absolute atomic E-state index is 11.9. The number of ether oxygens (including phenoxy) is 1. The zero-order valence-corrected chi connectivity index (χ0v) is 17.0. The van der Waals surface area contributed by atoms with E-state index in [1.54, 1.807) is 30.3 Å². The molecular weight excluding hydrogens is 404 g/mol. The van der Waals surface area contributed by atoms with Gasteiger partial charge in [-0.05, 0) is 38.1 Å². The molecule has 3 heterocycles. The van der Waals surface area contributed by atoms with E-state index in [0.29, 0.717) is 22.8 Å². The molecule has 2 amide bonds. The molecule has 0 atom stereocenters. The molecule has 11 heteroatoms. The number of aromatic nitrogens is 3. The summed E-state index contributed by atoms with van der Waals surface area (Å²) in [6.07, 6.45) is -0.333. The van der Waals surface area contributed by atoms with E-state index in [9.17, 15) is 14.7 Å². The van der Waals surface area contributed by atoms with Crippen molar-refractivity contribution in [2.24, 2.45) is 0 Å². The number of nitrogens with two attached hydrogens (primary N) is 1. The van der Waals surface area contributed by atoms with Gasteiger partial charge in [-0.1, -0.05) is 6.07 Å². The standard InChI is InChI=1S/C20H22N6O5/c1-12(2)22-19(27)31-11-14-6-3-5-13(23-14)10-26(20(28)29)17-9-15(24-18(21)25-17)16-7-4-8-30-16/h3-9,12H,10-11H2,1-2H3,(H,22,27)(H,28,29)(H2,21,24,25). The van der Waals surface area contributed by atoms with Crippen molar-refractivity contribution in [2.75, 3.05) is 10.6 Å². The summed E-state index contributed by atoms with van der Waals surface area (Å²) in [5.74, 6) is 0.408. The molecule has 162 valence electrons. The fraction of sp³-hybridized carbons (Fsp3) is 0.250. The molecule has 0 aliphatic rings. The number of rotatable bonds is 7. The molecule has 3 aromatic heterocycles. The van der Waals surface area contributed by atoms with Crippen molar-refractivity contribution < 1.29 is 23.8 Å². The first-order valence-corrected chi connectivity index (χ1v) is 9.39. The van der Waals surface area contributed by atoms with Crippen LogP contribution < -0.4 is 16.0 Å². The molecule has 0 fully saturated rings. The molecule has 0 aliphatic carbocycles. The van der Waals surface area contributed by atoms with Gasteiger partial charge in [0.15, 0.2) is 5.76 Å². The fourth-order valence-electron chi connectivity index (χ4n) is 2.66. The first-order chi connectivity index (χ1) is 14.8. The highest BCUT2D eigenvalue weighted by molar-refractivity contribution is 5.85. The lowest BCUT2D eigenvalue weighted by Crippen LogP contribution is -2.31. The van der Waals surface area contributed by atoms with E-state index in [2.05, 4.69) is 20.3 Å². The normalized spacial score (nSPS) is 10.7. The van der Waals surface area contributed by atoms with Crippen LogP contribution in [0.3, 0.4) is 0 Å². The third-order valence-electron chi connectivity index (χ3n) is 3.95. The summed E-state index contributed by atoms with van der Waals surface area (Å²) in [6.45, 7) is 3.48. The van der Waals surface area contributed by atoms with Crippen LogP contribution in [0.25, 0.3) is 11.5 Å². The Balaban J connectivity index is 1.78. The highest BCUT2D eigenvalue weighted by atomic mass is 16.5. The number of nitrogens with one attached hydrogen (secondary N) is 1. The van der Waals surface area contributed by atoms with Crippen LogP contribution in [0.15, 0.2) is 47.1 Å². The number of furan rings is 1. The minimum atomic E-state index is -1.25. The SMILES string of the molecule is CC(C)NC(=O)OCc1cccc(CN(C(=O)O)c2cc(-c3ccco3)nc(N)n2)n1. The van der Waals surface area contributed by atoms with Crippen molar-refractivity contribution in [3.8, 4) is 11.5 Å². The number of carbonyl (C=O) groups is 2. The molecule has 4 N–H and O–H groups in total. The topological polar surface area (TPSA) is 157 Å². The van der Waals surface area contributed by atoms with Crippen molar-refractivity contribution >= 4 is 24.0 Å². The first-order valence-electron chi connectivity index (χ1n) is 9.39. The molecule has 3 aromatic rings. The number of nitrogen functional groups attached to an aromatic ring is 1. The van der Waals surface area contributed by atoms with Gasteiger partial charge in [-0.2, -0.15) is 4.98 Å². The molecular formula is C20H22N6O5. The quantitative estimate of drug-likeness (QED) is 0.516. The number of nitrogens with zero attached hydrogens (tertiary/aromatic N) is 4. The van der Waals surface area contributed by atoms with Gasteiger partial charge in [-0.15, -0.1) is 0 Å². The maximum atomic E-state index is 11.9. The lowest BCUT2D eigenvalue weighted by Gasteiger charge is -2.19. The van der Waals surface area contributed by atoms with Gasteiger partial charge in [-0.3, -0.25) is 9.88 Å². The van der Waals surface area contributed by atoms with E-state index in [0.717, 1.165) is 4.90 Å². The van der Waals surface area contributed by atoms with Crippen molar-refractivity contribution in [1.82, 2.24) is 20.3 Å². The molecule has 31 heavy (non-hydrogen) atoms. The van der Waals surface area contributed by atoms with Crippen molar-refractivity contribution in [1.29, 1.82) is 0 Å². The minimum Gasteiger partial charge on any atom is -0.465 e. The summed E-state index contributed by atoms with van der Waals surface area (Å²) >= 11 is 0. The summed E-state index contributed by atoms with van der Waals surface area (Å²) in [5.41, 5.74) is 7.03. The van der Waals surface area contributed by atoms with Crippen LogP contribution in [-0.2, 0) is 17.9 Å². The number of carbonyl (C=O) groups excluding carboxylic acids is 1. The second-order valence-electron chi connectivity index (χ2n) is 6.81. The zero-order valence-electron chi connectivity index (χ0n) is 17.0. The summed E-state index contributed by atoms with van der Waals surface area (Å²) in [6, 6.07) is 9.80. The van der Waals surface area contributed by atoms with Crippen molar-refractivity contribution in [3.63, 3.8) is 0 Å². The van der Waals surface area contributed by atoms with Gasteiger partial charge in [0, 0.05) is 12.1 Å². The molecule has 0 saturated heterocycles. The average molecular weight is 426 g/mol. The van der Waals surface area contributed by atoms with Gasteiger partial charge in [0.25, 0.3) is 0 Å². The van der Waals surface area contributed by atoms with Crippen LogP contribution in [-0.4, -0.2) is 38.3 Å². The number of amides is 2. The Labute approximate surface area is 177 Å². The van der Waals surface area contributed by atoms with Gasteiger partial charge in [-0.25, -0.2) is 14.6 Å². The van der Waals surface area contributed by atoms with E-state index in [-0.39, 0.29) is 31.0 Å². The highest BCUT2D eigenvalue weighted by Gasteiger charge is 2.20. The van der Waals surface area contributed by atoms with Crippen LogP contribution >= 0.6 is 0 Å². The van der Waals surface area contributed by atoms with Gasteiger partial charge in [0.2, 0.25) is 5.95 Å². The van der Waals surface area contributed by atoms with Crippen molar-refractivity contribution in [3.05, 3.63) is 54.0 Å². The van der Waals surface area contributed by atoms with Crippen LogP contribution in [0.4, 0.5) is 21.4 Å². The van der Waals surface area contributed by atoms with E-state index in [1.807, 2.05) is 13.8 Å². The molecule has 11 nitrogen and oxygen atoms in total. The monoisotopic (exact) mass is 426 g/mol. The number of hydrogen-bond acceptors (Lipinski definition) is 8. The third kappa shape index (κ3) is 5.92. The lowest BCUT2D eigenvalue weighted by atomic mass is 10.2. The van der Waals surface area contributed by atoms with Crippen LogP contribution in [0.5, 0.6) is 0 Å². The molecule has 0 spiro atoms. The lowest BCUT2D eigenvalue weighted by molar-refractivity contribution is 0.135. The van der Waals surface area contributed by atoms with E-state index >= 15 is 0 Å². The Morgan fingerprint density at radius 3 is 2.65 bits per heavy atom. The largest absolute Gasteiger partial charge is 0.465 e. The van der Waals surface area contributed by atoms with E-state index in [4.69, 9.17) is 14.9 Å². The second kappa shape index (κ2) is 9.57. The minimum absolute atomic E-state index is 0.0530. The third-order valence-corrected chi connectivity index (χ3v) is 3.95. The number of hydrogen-bond donors (Lipinski definition) is 3. The number of anilines is 2. The van der Waals surface area contributed by atoms with Gasteiger partial charge < -0.3 is 25.3 Å². The smallest absolute Gasteiger partial charge is 0.413 e.